The van der Waals surface area contributed by atoms with Gasteiger partial charge in [0.1, 0.15) is 0 Å². The first-order valence-electron chi connectivity index (χ1n) is 10.4. The summed E-state index contributed by atoms with van der Waals surface area (Å²) in [5.41, 5.74) is 1.73. The fourth-order valence-electron chi connectivity index (χ4n) is 4.27. The van der Waals surface area contributed by atoms with Crippen LogP contribution in [0.5, 0.6) is 0 Å². The Hall–Kier alpha value is -2.34. The molecule has 0 spiro atoms. The van der Waals surface area contributed by atoms with Gasteiger partial charge in [0.2, 0.25) is 5.91 Å². The highest BCUT2D eigenvalue weighted by Crippen LogP contribution is 2.49. The molecule has 0 heterocycles. The van der Waals surface area contributed by atoms with Crippen LogP contribution in [0, 0.1) is 6.92 Å². The molecule has 2 aliphatic carbocycles. The Morgan fingerprint density at radius 3 is 2.24 bits per heavy atom. The average molecular weight is 413 g/mol. The molecule has 0 bridgehead atoms. The third-order valence-electron chi connectivity index (χ3n) is 6.20. The number of amides is 1. The quantitative estimate of drug-likeness (QED) is 0.744. The first-order chi connectivity index (χ1) is 13.9. The Labute approximate surface area is 173 Å². The van der Waals surface area contributed by atoms with Crippen molar-refractivity contribution in [3.05, 3.63) is 59.7 Å². The molecule has 2 saturated carbocycles. The van der Waals surface area contributed by atoms with E-state index in [1.807, 2.05) is 18.2 Å². The molecule has 2 N–H and O–H groups in total. The van der Waals surface area contributed by atoms with Crippen molar-refractivity contribution >= 4 is 21.6 Å². The molecule has 0 radical (unpaired) electrons. The third kappa shape index (κ3) is 4.17. The van der Waals surface area contributed by atoms with Crippen LogP contribution in [0.2, 0.25) is 0 Å². The van der Waals surface area contributed by atoms with Crippen LogP contribution >= 0.6 is 0 Å². The van der Waals surface area contributed by atoms with E-state index in [4.69, 9.17) is 0 Å². The molecule has 0 saturated heterocycles. The van der Waals surface area contributed by atoms with Gasteiger partial charge in [-0.3, -0.25) is 9.52 Å². The lowest BCUT2D eigenvalue weighted by Crippen LogP contribution is -2.42. The van der Waals surface area contributed by atoms with Gasteiger partial charge in [-0.25, -0.2) is 8.42 Å². The largest absolute Gasteiger partial charge is 0.353 e. The maximum atomic E-state index is 12.9. The molecule has 1 amide bonds. The summed E-state index contributed by atoms with van der Waals surface area (Å²) in [6, 6.07) is 14.5. The first kappa shape index (κ1) is 20.0. The Morgan fingerprint density at radius 2 is 1.62 bits per heavy atom. The predicted octanol–water partition coefficient (Wildman–Crippen LogP) is 4.28. The highest BCUT2D eigenvalue weighted by Gasteiger charge is 2.51. The van der Waals surface area contributed by atoms with E-state index in [1.54, 1.807) is 37.3 Å². The fraction of sp³-hybridized carbons (Fsp3) is 0.435. The lowest BCUT2D eigenvalue weighted by molar-refractivity contribution is -0.124. The second-order valence-electron chi connectivity index (χ2n) is 8.34. The highest BCUT2D eigenvalue weighted by atomic mass is 32.2. The number of carbonyl (C=O) groups is 1. The number of anilines is 1. The van der Waals surface area contributed by atoms with Gasteiger partial charge in [-0.15, -0.1) is 0 Å². The van der Waals surface area contributed by atoms with Crippen molar-refractivity contribution in [2.24, 2.45) is 0 Å². The predicted molar refractivity (Wildman–Crippen MR) is 114 cm³/mol. The summed E-state index contributed by atoms with van der Waals surface area (Å²) in [5.74, 6) is 0.123. The topological polar surface area (TPSA) is 75.3 Å². The summed E-state index contributed by atoms with van der Waals surface area (Å²) in [5, 5.41) is 3.25. The fourth-order valence-corrected chi connectivity index (χ4v) is 5.57. The van der Waals surface area contributed by atoms with Gasteiger partial charge in [-0.2, -0.15) is 0 Å². The molecule has 5 nitrogen and oxygen atoms in total. The van der Waals surface area contributed by atoms with Crippen molar-refractivity contribution in [1.82, 2.24) is 5.32 Å². The maximum absolute atomic E-state index is 12.9. The smallest absolute Gasteiger partial charge is 0.262 e. The summed E-state index contributed by atoms with van der Waals surface area (Å²) in [6.45, 7) is 1.78. The van der Waals surface area contributed by atoms with Crippen LogP contribution in [-0.4, -0.2) is 20.4 Å². The average Bonchev–Trinajstić information content (AvgIpc) is 3.51. The van der Waals surface area contributed by atoms with Crippen LogP contribution < -0.4 is 10.0 Å². The van der Waals surface area contributed by atoms with Crippen LogP contribution in [0.4, 0.5) is 5.69 Å². The monoisotopic (exact) mass is 412 g/mol. The van der Waals surface area contributed by atoms with E-state index in [0.717, 1.165) is 31.2 Å². The minimum atomic E-state index is -3.64. The molecule has 2 aromatic rings. The minimum Gasteiger partial charge on any atom is -0.353 e. The number of sulfonamides is 1. The minimum absolute atomic E-state index is 0.123. The van der Waals surface area contributed by atoms with E-state index in [-0.39, 0.29) is 10.8 Å². The lowest BCUT2D eigenvalue weighted by Gasteiger charge is -2.25. The van der Waals surface area contributed by atoms with Gasteiger partial charge in [0.15, 0.2) is 0 Å². The zero-order valence-electron chi connectivity index (χ0n) is 16.8. The van der Waals surface area contributed by atoms with Gasteiger partial charge in [-0.05, 0) is 61.9 Å². The summed E-state index contributed by atoms with van der Waals surface area (Å²) in [7, 11) is -3.64. The molecule has 154 valence electrons. The van der Waals surface area contributed by atoms with E-state index in [0.29, 0.717) is 17.3 Å². The third-order valence-corrected chi connectivity index (χ3v) is 7.74. The van der Waals surface area contributed by atoms with Crippen LogP contribution in [0.1, 0.15) is 56.1 Å². The van der Waals surface area contributed by atoms with E-state index >= 15 is 0 Å². The number of hydrogen-bond acceptors (Lipinski definition) is 3. The Morgan fingerprint density at radius 1 is 0.966 bits per heavy atom. The van der Waals surface area contributed by atoms with E-state index in [1.165, 1.54) is 19.3 Å². The standard InChI is InChI=1S/C23H28N2O3S/c1-17-7-5-6-10-21(17)29(27,28)25-20-13-11-18(12-14-20)23(15-16-23)22(26)24-19-8-3-2-4-9-19/h5-7,10-14,19,25H,2-4,8-9,15-16H2,1H3,(H,24,26). The van der Waals surface area contributed by atoms with Gasteiger partial charge in [0.25, 0.3) is 10.0 Å². The maximum Gasteiger partial charge on any atom is 0.262 e. The van der Waals surface area contributed by atoms with Crippen LogP contribution in [0.25, 0.3) is 0 Å². The van der Waals surface area contributed by atoms with E-state index in [2.05, 4.69) is 10.0 Å². The Kier molecular flexibility index (Phi) is 5.38. The van der Waals surface area contributed by atoms with Crippen molar-refractivity contribution < 1.29 is 13.2 Å². The zero-order valence-corrected chi connectivity index (χ0v) is 17.6. The molecule has 2 fully saturated rings. The van der Waals surface area contributed by atoms with Crippen molar-refractivity contribution in [2.75, 3.05) is 4.72 Å². The Bertz CT molecular complexity index is 989. The van der Waals surface area contributed by atoms with Crippen LogP contribution in [-0.2, 0) is 20.2 Å². The molecule has 29 heavy (non-hydrogen) atoms. The summed E-state index contributed by atoms with van der Waals surface area (Å²) in [4.78, 5) is 13.2. The van der Waals surface area contributed by atoms with Crippen LogP contribution in [0.15, 0.2) is 53.4 Å². The second-order valence-corrected chi connectivity index (χ2v) is 9.99. The van der Waals surface area contributed by atoms with Gasteiger partial charge in [0, 0.05) is 11.7 Å². The van der Waals surface area contributed by atoms with Crippen molar-refractivity contribution in [2.45, 2.75) is 68.2 Å². The molecule has 6 heteroatoms. The summed E-state index contributed by atoms with van der Waals surface area (Å²) >= 11 is 0. The molecular weight excluding hydrogens is 384 g/mol. The van der Waals surface area contributed by atoms with Gasteiger partial charge in [-0.1, -0.05) is 49.6 Å². The van der Waals surface area contributed by atoms with Gasteiger partial charge in [0.05, 0.1) is 10.3 Å². The number of carbonyl (C=O) groups excluding carboxylic acids is 1. The molecule has 2 aromatic carbocycles. The lowest BCUT2D eigenvalue weighted by atomic mass is 9.91. The number of nitrogens with one attached hydrogen (secondary N) is 2. The molecular formula is C23H28N2O3S. The van der Waals surface area contributed by atoms with Gasteiger partial charge >= 0.3 is 0 Å². The molecule has 0 atom stereocenters. The SMILES string of the molecule is Cc1ccccc1S(=O)(=O)Nc1ccc(C2(C(=O)NC3CCCCC3)CC2)cc1. The van der Waals surface area contributed by atoms with Crippen molar-refractivity contribution in [1.29, 1.82) is 0 Å². The molecule has 0 aliphatic heterocycles. The van der Waals surface area contributed by atoms with E-state index < -0.39 is 15.4 Å². The number of hydrogen-bond donors (Lipinski definition) is 2. The second kappa shape index (κ2) is 7.82. The molecule has 2 aliphatic rings. The van der Waals surface area contributed by atoms with Crippen molar-refractivity contribution in [3.63, 3.8) is 0 Å². The first-order valence-corrected chi connectivity index (χ1v) is 11.9. The number of benzene rings is 2. The number of aryl methyl sites for hydroxylation is 1. The summed E-state index contributed by atoms with van der Waals surface area (Å²) in [6.07, 6.45) is 7.47. The molecule has 4 rings (SSSR count). The normalized spacial score (nSPS) is 18.8. The van der Waals surface area contributed by atoms with E-state index in [9.17, 15) is 13.2 Å². The number of rotatable bonds is 6. The molecule has 0 unspecified atom stereocenters. The van der Waals surface area contributed by atoms with Crippen LogP contribution in [0.3, 0.4) is 0 Å². The summed E-state index contributed by atoms with van der Waals surface area (Å²) < 4.78 is 28.0. The zero-order chi connectivity index (χ0) is 20.5. The van der Waals surface area contributed by atoms with Crippen molar-refractivity contribution in [3.8, 4) is 0 Å². The molecule has 0 aromatic heterocycles. The van der Waals surface area contributed by atoms with Gasteiger partial charge < -0.3 is 5.32 Å². The Balaban J connectivity index is 1.46. The highest BCUT2D eigenvalue weighted by molar-refractivity contribution is 7.92.